The molecule has 3 saturated carbocycles. The summed E-state index contributed by atoms with van der Waals surface area (Å²) < 4.78 is 0. The van der Waals surface area contributed by atoms with Gasteiger partial charge in [-0.2, -0.15) is 0 Å². The number of hydrogen-bond donors (Lipinski definition) is 1. The summed E-state index contributed by atoms with van der Waals surface area (Å²) in [6.45, 7) is 24.6. The van der Waals surface area contributed by atoms with Crippen LogP contribution in [0.1, 0.15) is 120 Å². The summed E-state index contributed by atoms with van der Waals surface area (Å²) >= 11 is 0. The molecule has 0 heterocycles. The lowest BCUT2D eigenvalue weighted by molar-refractivity contribution is -0.0425. The van der Waals surface area contributed by atoms with E-state index in [9.17, 15) is 5.11 Å². The van der Waals surface area contributed by atoms with Crippen LogP contribution in [0.5, 0.6) is 0 Å². The highest BCUT2D eigenvalue weighted by Crippen LogP contribution is 2.72. The summed E-state index contributed by atoms with van der Waals surface area (Å²) in [5.41, 5.74) is 4.51. The largest absolute Gasteiger partial charge is 0.389 e. The van der Waals surface area contributed by atoms with Crippen LogP contribution in [0.25, 0.3) is 0 Å². The van der Waals surface area contributed by atoms with Crippen molar-refractivity contribution in [1.82, 2.24) is 0 Å². The maximum Gasteiger partial charge on any atom is 0.0750 e. The molecule has 1 nitrogen and oxygen atoms in total. The summed E-state index contributed by atoms with van der Waals surface area (Å²) in [4.78, 5) is 0. The molecule has 33 heavy (non-hydrogen) atoms. The normalized spacial score (nSPS) is 45.6. The molecule has 4 aliphatic rings. The van der Waals surface area contributed by atoms with E-state index in [1.165, 1.54) is 44.9 Å². The van der Waals surface area contributed by atoms with E-state index in [2.05, 4.69) is 68.0 Å². The van der Waals surface area contributed by atoms with E-state index < -0.39 is 0 Å². The number of hydrogen-bond acceptors (Lipinski definition) is 1. The number of rotatable bonds is 6. The molecule has 0 radical (unpaired) electrons. The van der Waals surface area contributed by atoms with Crippen molar-refractivity contribution in [3.05, 3.63) is 23.8 Å². The van der Waals surface area contributed by atoms with Gasteiger partial charge in [-0.3, -0.25) is 0 Å². The summed E-state index contributed by atoms with van der Waals surface area (Å²) in [6, 6.07) is 0. The Morgan fingerprint density at radius 2 is 1.76 bits per heavy atom. The molecule has 1 N–H and O–H groups in total. The van der Waals surface area contributed by atoms with Gasteiger partial charge in [0.05, 0.1) is 6.10 Å². The van der Waals surface area contributed by atoms with Crippen molar-refractivity contribution >= 4 is 0 Å². The zero-order chi connectivity index (χ0) is 24.4. The molecule has 9 atom stereocenters. The van der Waals surface area contributed by atoms with Crippen molar-refractivity contribution < 1.29 is 5.11 Å². The van der Waals surface area contributed by atoms with Crippen molar-refractivity contribution in [2.24, 2.45) is 51.2 Å². The number of aliphatic hydroxyl groups excluding tert-OH is 1. The molecule has 0 spiro atoms. The molecule has 4 rings (SSSR count). The highest BCUT2D eigenvalue weighted by molar-refractivity contribution is 5.35. The third kappa shape index (κ3) is 3.65. The Morgan fingerprint density at radius 1 is 1.06 bits per heavy atom. The SMILES string of the molecule is C=C1C(O)CCC2(C)C1CC=C1C2CCC2(C)C(C(C)CCC(C)(CC)C(C)C)CCC12C. The highest BCUT2D eigenvalue weighted by atomic mass is 16.3. The third-order valence-electron chi connectivity index (χ3n) is 13.1. The monoisotopic (exact) mass is 454 g/mol. The predicted octanol–water partition coefficient (Wildman–Crippen LogP) is 8.97. The second-order valence-electron chi connectivity index (χ2n) is 14.2. The first-order valence-corrected chi connectivity index (χ1v) is 14.4. The zero-order valence-electron chi connectivity index (χ0n) is 23.3. The molecular weight excluding hydrogens is 400 g/mol. The maximum absolute atomic E-state index is 10.5. The number of aliphatic hydroxyl groups is 1. The van der Waals surface area contributed by atoms with E-state index in [4.69, 9.17) is 0 Å². The summed E-state index contributed by atoms with van der Waals surface area (Å²) in [7, 11) is 0. The Morgan fingerprint density at radius 3 is 2.39 bits per heavy atom. The van der Waals surface area contributed by atoms with E-state index in [0.29, 0.717) is 33.5 Å². The molecule has 0 bridgehead atoms. The topological polar surface area (TPSA) is 20.2 Å². The molecule has 0 amide bonds. The van der Waals surface area contributed by atoms with Crippen LogP contribution in [-0.2, 0) is 0 Å². The Bertz CT molecular complexity index is 792. The molecule has 188 valence electrons. The van der Waals surface area contributed by atoms with Gasteiger partial charge in [0.1, 0.15) is 0 Å². The number of fused-ring (bicyclic) bond motifs is 5. The zero-order valence-corrected chi connectivity index (χ0v) is 23.3. The van der Waals surface area contributed by atoms with Crippen LogP contribution >= 0.6 is 0 Å². The van der Waals surface area contributed by atoms with Crippen LogP contribution in [0.3, 0.4) is 0 Å². The van der Waals surface area contributed by atoms with E-state index in [1.807, 2.05) is 5.57 Å². The Hall–Kier alpha value is -0.560. The van der Waals surface area contributed by atoms with Gasteiger partial charge in [0, 0.05) is 0 Å². The fourth-order valence-electron chi connectivity index (χ4n) is 9.52. The van der Waals surface area contributed by atoms with E-state index in [1.54, 1.807) is 0 Å². The minimum Gasteiger partial charge on any atom is -0.389 e. The van der Waals surface area contributed by atoms with Gasteiger partial charge in [-0.05, 0) is 115 Å². The van der Waals surface area contributed by atoms with E-state index in [0.717, 1.165) is 42.6 Å². The van der Waals surface area contributed by atoms with Gasteiger partial charge in [0.15, 0.2) is 0 Å². The maximum atomic E-state index is 10.5. The second-order valence-corrected chi connectivity index (χ2v) is 14.2. The molecule has 0 aromatic carbocycles. The average Bonchev–Trinajstić information content (AvgIpc) is 3.06. The van der Waals surface area contributed by atoms with Gasteiger partial charge in [-0.15, -0.1) is 0 Å². The Labute approximate surface area is 205 Å². The van der Waals surface area contributed by atoms with Crippen molar-refractivity contribution in [3.8, 4) is 0 Å². The third-order valence-corrected chi connectivity index (χ3v) is 13.1. The van der Waals surface area contributed by atoms with Crippen molar-refractivity contribution in [3.63, 3.8) is 0 Å². The molecule has 0 aromatic rings. The molecule has 0 aliphatic heterocycles. The van der Waals surface area contributed by atoms with Crippen LogP contribution in [0.15, 0.2) is 23.8 Å². The lowest BCUT2D eigenvalue weighted by atomic mass is 9.43. The lowest BCUT2D eigenvalue weighted by Gasteiger charge is -2.61. The quantitative estimate of drug-likeness (QED) is 0.397. The molecule has 0 aromatic heterocycles. The van der Waals surface area contributed by atoms with Crippen molar-refractivity contribution in [1.29, 1.82) is 0 Å². The average molecular weight is 455 g/mol. The molecule has 0 saturated heterocycles. The van der Waals surface area contributed by atoms with Crippen molar-refractivity contribution in [2.75, 3.05) is 0 Å². The van der Waals surface area contributed by atoms with Crippen molar-refractivity contribution in [2.45, 2.75) is 126 Å². The van der Waals surface area contributed by atoms with Gasteiger partial charge in [0.2, 0.25) is 0 Å². The van der Waals surface area contributed by atoms with Crippen LogP contribution in [0.4, 0.5) is 0 Å². The fourth-order valence-corrected chi connectivity index (χ4v) is 9.52. The predicted molar refractivity (Wildman–Crippen MR) is 142 cm³/mol. The van der Waals surface area contributed by atoms with E-state index in [-0.39, 0.29) is 6.10 Å². The first kappa shape index (κ1) is 25.5. The minimum absolute atomic E-state index is 0.279. The van der Waals surface area contributed by atoms with Gasteiger partial charge < -0.3 is 5.11 Å². The van der Waals surface area contributed by atoms with Crippen LogP contribution < -0.4 is 0 Å². The first-order chi connectivity index (χ1) is 15.3. The molecule has 9 unspecified atom stereocenters. The van der Waals surface area contributed by atoms with Gasteiger partial charge in [0.25, 0.3) is 0 Å². The second kappa shape index (κ2) is 8.53. The Balaban J connectivity index is 1.57. The lowest BCUT2D eigenvalue weighted by Crippen LogP contribution is -2.54. The van der Waals surface area contributed by atoms with Gasteiger partial charge in [-0.1, -0.05) is 80.0 Å². The van der Waals surface area contributed by atoms with Gasteiger partial charge in [-0.25, -0.2) is 0 Å². The number of allylic oxidation sites excluding steroid dienone is 2. The smallest absolute Gasteiger partial charge is 0.0750 e. The highest BCUT2D eigenvalue weighted by Gasteiger charge is 2.63. The van der Waals surface area contributed by atoms with Crippen LogP contribution in [-0.4, -0.2) is 11.2 Å². The minimum atomic E-state index is -0.279. The standard InChI is InChI=1S/C32H54O/c1-10-29(6,21(2)3)17-13-22(4)24-14-19-32(9)27-12-11-25-23(5)28(33)16-18-30(25,7)26(27)15-20-31(24,32)8/h12,21-22,24-26,28,33H,5,10-11,13-20H2,1-4,6-9H3. The fraction of sp³-hybridized carbons (Fsp3) is 0.875. The molecule has 1 heteroatoms. The molecule has 3 fully saturated rings. The molecule has 4 aliphatic carbocycles. The van der Waals surface area contributed by atoms with E-state index >= 15 is 0 Å². The van der Waals surface area contributed by atoms with Crippen LogP contribution in [0, 0.1) is 51.2 Å². The van der Waals surface area contributed by atoms with Crippen LogP contribution in [0.2, 0.25) is 0 Å². The Kier molecular flexibility index (Phi) is 6.60. The summed E-state index contributed by atoms with van der Waals surface area (Å²) in [6.07, 6.45) is 15.1. The first-order valence-electron chi connectivity index (χ1n) is 14.4. The summed E-state index contributed by atoms with van der Waals surface area (Å²) in [5, 5.41) is 10.5. The molecular formula is C32H54O. The summed E-state index contributed by atoms with van der Waals surface area (Å²) in [5.74, 6) is 3.60. The van der Waals surface area contributed by atoms with Gasteiger partial charge >= 0.3 is 0 Å².